The van der Waals surface area contributed by atoms with Crippen molar-refractivity contribution in [3.05, 3.63) is 12.2 Å². The smallest absolute Gasteiger partial charge is 0.305 e. The number of rotatable bonds is 11. The molecule has 3 rings (SSSR count). The number of ether oxygens (including phenoxy) is 2. The van der Waals surface area contributed by atoms with Crippen molar-refractivity contribution in [1.82, 2.24) is 0 Å². The topological polar surface area (TPSA) is 65.1 Å². The monoisotopic (exact) mass is 450 g/mol. The molecule has 5 nitrogen and oxygen atoms in total. The summed E-state index contributed by atoms with van der Waals surface area (Å²) < 4.78 is 17.2. The summed E-state index contributed by atoms with van der Waals surface area (Å²) in [7, 11) is -0.481. The van der Waals surface area contributed by atoms with Crippen LogP contribution in [-0.2, 0) is 23.5 Å². The van der Waals surface area contributed by atoms with Gasteiger partial charge in [0, 0.05) is 18.9 Å². The van der Waals surface area contributed by atoms with Crippen LogP contribution >= 0.6 is 0 Å². The van der Waals surface area contributed by atoms with E-state index in [1.807, 2.05) is 0 Å². The fraction of sp³-hybridized carbons (Fsp3) is 0.840. The Balaban J connectivity index is 1.67. The molecule has 2 saturated carbocycles. The van der Waals surface area contributed by atoms with Crippen molar-refractivity contribution >= 4 is 20.1 Å². The number of allylic oxidation sites excluding steroid dienone is 2. The number of Topliss-reactive ketones (excluding diaryl/α,β-unsaturated/α-hetero) is 1. The molecule has 0 aromatic carbocycles. The van der Waals surface area contributed by atoms with E-state index in [1.54, 1.807) is 0 Å². The van der Waals surface area contributed by atoms with Gasteiger partial charge in [-0.2, -0.15) is 0 Å². The molecule has 3 aliphatic rings. The molecule has 1 saturated heterocycles. The minimum atomic E-state index is -1.90. The lowest BCUT2D eigenvalue weighted by Crippen LogP contribution is -2.48. The molecule has 0 aromatic heterocycles. The van der Waals surface area contributed by atoms with Crippen LogP contribution in [0.3, 0.4) is 0 Å². The Bertz CT molecular complexity index is 664. The summed E-state index contributed by atoms with van der Waals surface area (Å²) in [5.41, 5.74) is 1.69. The summed E-state index contributed by atoms with van der Waals surface area (Å²) in [4.78, 5) is 24.3. The van der Waals surface area contributed by atoms with Crippen molar-refractivity contribution in [2.45, 2.75) is 96.1 Å². The number of methoxy groups -OCH3 is 1. The average Bonchev–Trinajstić information content (AvgIpc) is 3.35. The maximum Gasteiger partial charge on any atom is 0.305 e. The van der Waals surface area contributed by atoms with E-state index in [1.165, 1.54) is 7.11 Å². The van der Waals surface area contributed by atoms with Crippen LogP contribution in [0.2, 0.25) is 16.6 Å². The number of hydrogen-bond donors (Lipinski definition) is 0. The maximum atomic E-state index is 12.9. The first-order valence-electron chi connectivity index (χ1n) is 12.2. The molecule has 0 bridgehead atoms. The van der Waals surface area contributed by atoms with Gasteiger partial charge in [-0.3, -0.25) is 9.59 Å². The molecule has 0 aromatic rings. The van der Waals surface area contributed by atoms with Crippen LogP contribution in [0.4, 0.5) is 0 Å². The fourth-order valence-corrected chi connectivity index (χ4v) is 12.4. The van der Waals surface area contributed by atoms with Gasteiger partial charge < -0.3 is 13.9 Å². The van der Waals surface area contributed by atoms with Crippen LogP contribution in [0.15, 0.2) is 12.2 Å². The first kappa shape index (κ1) is 24.7. The van der Waals surface area contributed by atoms with Gasteiger partial charge in [-0.05, 0) is 53.6 Å². The third-order valence-electron chi connectivity index (χ3n) is 8.21. The van der Waals surface area contributed by atoms with E-state index in [9.17, 15) is 9.59 Å². The Kier molecular flexibility index (Phi) is 7.86. The highest BCUT2D eigenvalue weighted by molar-refractivity contribution is 6.77. The van der Waals surface area contributed by atoms with Gasteiger partial charge in [-0.1, -0.05) is 53.7 Å². The molecule has 0 spiro atoms. The fourth-order valence-electron chi connectivity index (χ4n) is 6.91. The van der Waals surface area contributed by atoms with Crippen LogP contribution in [0.1, 0.15) is 67.2 Å². The van der Waals surface area contributed by atoms with Crippen LogP contribution in [0.5, 0.6) is 0 Å². The van der Waals surface area contributed by atoms with Gasteiger partial charge in [0.25, 0.3) is 0 Å². The van der Waals surface area contributed by atoms with Gasteiger partial charge in [-0.15, -0.1) is 0 Å². The Morgan fingerprint density at radius 1 is 1.16 bits per heavy atom. The molecule has 6 heteroatoms. The zero-order valence-electron chi connectivity index (χ0n) is 20.4. The Labute approximate surface area is 189 Å². The van der Waals surface area contributed by atoms with E-state index in [0.29, 0.717) is 53.0 Å². The summed E-state index contributed by atoms with van der Waals surface area (Å²) in [5.74, 6) is 1.31. The Morgan fingerprint density at radius 2 is 1.81 bits per heavy atom. The molecule has 1 heterocycles. The van der Waals surface area contributed by atoms with Crippen molar-refractivity contribution in [2.75, 3.05) is 13.7 Å². The molecule has 176 valence electrons. The highest BCUT2D eigenvalue weighted by Crippen LogP contribution is 2.57. The summed E-state index contributed by atoms with van der Waals surface area (Å²) in [5, 5.41) is 0. The van der Waals surface area contributed by atoms with Crippen LogP contribution < -0.4 is 0 Å². The van der Waals surface area contributed by atoms with E-state index >= 15 is 0 Å². The predicted molar refractivity (Wildman–Crippen MR) is 124 cm³/mol. The number of epoxide rings is 1. The highest BCUT2D eigenvalue weighted by Gasteiger charge is 2.66. The predicted octanol–water partition coefficient (Wildman–Crippen LogP) is 5.30. The van der Waals surface area contributed by atoms with E-state index < -0.39 is 8.32 Å². The van der Waals surface area contributed by atoms with Crippen LogP contribution in [0.25, 0.3) is 0 Å². The third-order valence-corrected chi connectivity index (χ3v) is 14.3. The zero-order chi connectivity index (χ0) is 22.9. The van der Waals surface area contributed by atoms with E-state index in [0.717, 1.165) is 19.4 Å². The van der Waals surface area contributed by atoms with Crippen molar-refractivity contribution in [3.8, 4) is 0 Å². The molecule has 0 radical (unpaired) electrons. The van der Waals surface area contributed by atoms with Gasteiger partial charge in [0.1, 0.15) is 6.10 Å². The molecule has 6 atom stereocenters. The summed E-state index contributed by atoms with van der Waals surface area (Å²) in [6.45, 7) is 14.6. The second kappa shape index (κ2) is 9.88. The first-order valence-corrected chi connectivity index (χ1v) is 14.4. The minimum Gasteiger partial charge on any atom is -0.469 e. The van der Waals surface area contributed by atoms with E-state index in [2.05, 4.69) is 53.7 Å². The normalized spacial score (nSPS) is 32.4. The van der Waals surface area contributed by atoms with Gasteiger partial charge in [0.2, 0.25) is 0 Å². The maximum absolute atomic E-state index is 12.9. The molecule has 1 aliphatic heterocycles. The van der Waals surface area contributed by atoms with Crippen molar-refractivity contribution in [1.29, 1.82) is 0 Å². The van der Waals surface area contributed by atoms with Crippen molar-refractivity contribution < 1.29 is 23.5 Å². The third kappa shape index (κ3) is 4.72. The molecule has 0 amide bonds. The SMILES string of the molecule is COC(=O)CC/C=C/[C@@H]1C[C@@H]2[C@H]3O[C@H]3C(=O)[C@@H]2[C@H]1CCO[Si](C(C)C)(C(C)C)C(C)C. The number of carbonyl (C=O) groups excluding carboxylic acids is 2. The highest BCUT2D eigenvalue weighted by atomic mass is 28.4. The lowest BCUT2D eigenvalue weighted by molar-refractivity contribution is -0.140. The number of esters is 1. The summed E-state index contributed by atoms with van der Waals surface area (Å²) in [6, 6.07) is 0. The van der Waals surface area contributed by atoms with Gasteiger partial charge in [-0.25, -0.2) is 0 Å². The van der Waals surface area contributed by atoms with Crippen molar-refractivity contribution in [2.24, 2.45) is 23.7 Å². The number of fused-ring (bicyclic) bond motifs is 3. The number of carbonyl (C=O) groups is 2. The molecule has 3 fully saturated rings. The standard InChI is InChI=1S/C25H42O5Si/c1-15(2)31(16(3)4,17(5)6)29-13-12-19-18(10-8-9-11-21(26)28-7)14-20-22(19)23(27)25-24(20)30-25/h8,10,15-20,22,24-25H,9,11-14H2,1-7H3/b10-8+/t18-,19+,20+,22-,24-,25+/m1/s1. The van der Waals surface area contributed by atoms with Gasteiger partial charge in [0.05, 0.1) is 13.2 Å². The van der Waals surface area contributed by atoms with E-state index in [4.69, 9.17) is 13.9 Å². The molecule has 2 aliphatic carbocycles. The number of ketones is 1. The molecular formula is C25H42O5Si. The second-order valence-electron chi connectivity index (χ2n) is 10.7. The zero-order valence-corrected chi connectivity index (χ0v) is 21.4. The minimum absolute atomic E-state index is 0.121. The first-order chi connectivity index (χ1) is 14.6. The molecule has 0 N–H and O–H groups in total. The molecule has 31 heavy (non-hydrogen) atoms. The Morgan fingerprint density at radius 3 is 2.39 bits per heavy atom. The summed E-state index contributed by atoms with van der Waals surface area (Å²) >= 11 is 0. The summed E-state index contributed by atoms with van der Waals surface area (Å²) in [6.07, 6.45) is 7.40. The number of hydrogen-bond acceptors (Lipinski definition) is 5. The molecular weight excluding hydrogens is 408 g/mol. The lowest BCUT2D eigenvalue weighted by atomic mass is 9.84. The second-order valence-corrected chi connectivity index (χ2v) is 16.1. The largest absolute Gasteiger partial charge is 0.469 e. The van der Waals surface area contributed by atoms with Gasteiger partial charge in [0.15, 0.2) is 14.1 Å². The molecule has 0 unspecified atom stereocenters. The van der Waals surface area contributed by atoms with Crippen LogP contribution in [0, 0.1) is 23.7 Å². The van der Waals surface area contributed by atoms with Gasteiger partial charge >= 0.3 is 5.97 Å². The average molecular weight is 451 g/mol. The van der Waals surface area contributed by atoms with Crippen molar-refractivity contribution in [3.63, 3.8) is 0 Å². The quantitative estimate of drug-likeness (QED) is 0.185. The Hall–Kier alpha value is -0.983. The van der Waals surface area contributed by atoms with E-state index in [-0.39, 0.29) is 24.1 Å². The van der Waals surface area contributed by atoms with Crippen LogP contribution in [-0.4, -0.2) is 46.0 Å². The lowest BCUT2D eigenvalue weighted by Gasteiger charge is -2.42.